The van der Waals surface area contributed by atoms with E-state index < -0.39 is 97.5 Å². The number of aliphatic hydroxyl groups excluding tert-OH is 1. The summed E-state index contributed by atoms with van der Waals surface area (Å²) in [5, 5.41) is 10.6. The molecule has 0 saturated carbocycles. The summed E-state index contributed by atoms with van der Waals surface area (Å²) in [6, 6.07) is 0. The zero-order valence-corrected chi connectivity index (χ0v) is 61.1. The zero-order chi connectivity index (χ0) is 67.3. The Kier molecular flexibility index (Phi) is 61.5. The van der Waals surface area contributed by atoms with Crippen molar-refractivity contribution in [1.29, 1.82) is 0 Å². The lowest BCUT2D eigenvalue weighted by Crippen LogP contribution is -2.30. The fourth-order valence-corrected chi connectivity index (χ4v) is 12.4. The number of unbranched alkanes of at least 4 members (excludes halogenated alkanes) is 36. The molecule has 4 unspecified atom stereocenters. The minimum atomic E-state index is -4.95. The second kappa shape index (κ2) is 62.8. The molecule has 0 saturated heterocycles. The number of aliphatic hydroxyl groups is 1. The molecular formula is C72H140O17P2. The summed E-state index contributed by atoms with van der Waals surface area (Å²) in [6.07, 6.45) is 46.9. The Labute approximate surface area is 556 Å². The number of ether oxygens (including phenoxy) is 4. The largest absolute Gasteiger partial charge is 0.472 e. The van der Waals surface area contributed by atoms with Crippen molar-refractivity contribution in [3.8, 4) is 0 Å². The van der Waals surface area contributed by atoms with Gasteiger partial charge >= 0.3 is 39.5 Å². The Bertz CT molecular complexity index is 1790. The first-order chi connectivity index (χ1) is 43.8. The molecule has 0 aliphatic rings. The molecule has 0 rings (SSSR count). The van der Waals surface area contributed by atoms with E-state index in [4.69, 9.17) is 37.0 Å². The fraction of sp³-hybridized carbons (Fsp3) is 0.944. The highest BCUT2D eigenvalue weighted by Crippen LogP contribution is 2.45. The number of phosphoric ester groups is 2. The Hall–Kier alpha value is -1.94. The van der Waals surface area contributed by atoms with Gasteiger partial charge < -0.3 is 33.8 Å². The first-order valence-electron chi connectivity index (χ1n) is 37.4. The molecule has 540 valence electrons. The van der Waals surface area contributed by atoms with E-state index in [-0.39, 0.29) is 25.7 Å². The van der Waals surface area contributed by atoms with Gasteiger partial charge in [-0.15, -0.1) is 0 Å². The van der Waals surface area contributed by atoms with E-state index in [9.17, 15) is 43.2 Å². The van der Waals surface area contributed by atoms with Crippen molar-refractivity contribution in [3.63, 3.8) is 0 Å². The fourth-order valence-electron chi connectivity index (χ4n) is 10.8. The van der Waals surface area contributed by atoms with E-state index in [0.717, 1.165) is 108 Å². The number of phosphoric acid groups is 2. The van der Waals surface area contributed by atoms with E-state index in [1.54, 1.807) is 0 Å². The lowest BCUT2D eigenvalue weighted by Gasteiger charge is -2.21. The van der Waals surface area contributed by atoms with Crippen molar-refractivity contribution in [2.75, 3.05) is 39.6 Å². The number of rotatable bonds is 70. The highest BCUT2D eigenvalue weighted by Gasteiger charge is 2.30. The molecular weight excluding hydrogens is 1200 g/mol. The summed E-state index contributed by atoms with van der Waals surface area (Å²) >= 11 is 0. The molecule has 7 atom stereocenters. The van der Waals surface area contributed by atoms with Crippen LogP contribution in [0.15, 0.2) is 0 Å². The number of hydrogen-bond acceptors (Lipinski definition) is 15. The van der Waals surface area contributed by atoms with Gasteiger partial charge in [-0.25, -0.2) is 9.13 Å². The van der Waals surface area contributed by atoms with Crippen LogP contribution in [0.3, 0.4) is 0 Å². The molecule has 0 radical (unpaired) electrons. The molecule has 0 heterocycles. The molecule has 0 aliphatic heterocycles. The van der Waals surface area contributed by atoms with E-state index in [0.29, 0.717) is 25.7 Å². The Morgan fingerprint density at radius 1 is 0.319 bits per heavy atom. The van der Waals surface area contributed by atoms with Crippen LogP contribution in [-0.2, 0) is 65.4 Å². The Morgan fingerprint density at radius 2 is 0.560 bits per heavy atom. The van der Waals surface area contributed by atoms with Crippen LogP contribution < -0.4 is 0 Å². The maximum Gasteiger partial charge on any atom is 0.472 e. The number of carbonyl (C=O) groups excluding carboxylic acids is 4. The third-order valence-electron chi connectivity index (χ3n) is 17.4. The van der Waals surface area contributed by atoms with Crippen LogP contribution in [0.2, 0.25) is 0 Å². The van der Waals surface area contributed by atoms with Gasteiger partial charge in [0.1, 0.15) is 19.3 Å². The average molecular weight is 1340 g/mol. The van der Waals surface area contributed by atoms with Crippen LogP contribution in [0.5, 0.6) is 0 Å². The van der Waals surface area contributed by atoms with Crippen LogP contribution in [0.1, 0.15) is 363 Å². The van der Waals surface area contributed by atoms with Gasteiger partial charge in [0.15, 0.2) is 12.2 Å². The van der Waals surface area contributed by atoms with E-state index >= 15 is 0 Å². The lowest BCUT2D eigenvalue weighted by atomic mass is 9.99. The summed E-state index contributed by atoms with van der Waals surface area (Å²) in [5.41, 5.74) is 0. The summed E-state index contributed by atoms with van der Waals surface area (Å²) < 4.78 is 68.4. The summed E-state index contributed by atoms with van der Waals surface area (Å²) in [7, 11) is -9.91. The first-order valence-corrected chi connectivity index (χ1v) is 40.4. The monoisotopic (exact) mass is 1340 g/mol. The van der Waals surface area contributed by atoms with Gasteiger partial charge in [-0.3, -0.25) is 37.3 Å². The van der Waals surface area contributed by atoms with Crippen LogP contribution in [-0.4, -0.2) is 96.7 Å². The topological polar surface area (TPSA) is 237 Å². The van der Waals surface area contributed by atoms with Crippen LogP contribution in [0.25, 0.3) is 0 Å². The molecule has 0 aromatic heterocycles. The second-order valence-corrected chi connectivity index (χ2v) is 29.8. The number of hydrogen-bond donors (Lipinski definition) is 3. The SMILES string of the molecule is CCCCCCCCCCCCC(=O)OC[C@H](COP(=O)(O)OC[C@H](O)COP(=O)(O)OC[C@@H](COC(=O)CCCCCCCCCCCCC(C)CC)OC(=O)CCCCCCCCCCCCC(C)CC)OC(=O)CCCCCCCCCCCCC(C)C. The predicted octanol–water partition coefficient (Wildman–Crippen LogP) is 20.6. The Morgan fingerprint density at radius 3 is 0.835 bits per heavy atom. The molecule has 19 heteroatoms. The van der Waals surface area contributed by atoms with Gasteiger partial charge in [0.05, 0.1) is 26.4 Å². The van der Waals surface area contributed by atoms with Crippen molar-refractivity contribution >= 4 is 39.5 Å². The lowest BCUT2D eigenvalue weighted by molar-refractivity contribution is -0.161. The molecule has 0 aliphatic carbocycles. The van der Waals surface area contributed by atoms with Gasteiger partial charge in [0.25, 0.3) is 0 Å². The predicted molar refractivity (Wildman–Crippen MR) is 368 cm³/mol. The molecule has 0 aromatic rings. The maximum atomic E-state index is 13.0. The molecule has 91 heavy (non-hydrogen) atoms. The zero-order valence-electron chi connectivity index (χ0n) is 59.3. The van der Waals surface area contributed by atoms with Crippen molar-refractivity contribution < 1.29 is 80.2 Å². The molecule has 0 fully saturated rings. The highest BCUT2D eigenvalue weighted by molar-refractivity contribution is 7.47. The van der Waals surface area contributed by atoms with Crippen LogP contribution in [0, 0.1) is 17.8 Å². The number of esters is 4. The maximum absolute atomic E-state index is 13.0. The third-order valence-corrected chi connectivity index (χ3v) is 19.3. The highest BCUT2D eigenvalue weighted by atomic mass is 31.2. The van der Waals surface area contributed by atoms with Crippen LogP contribution >= 0.6 is 15.6 Å². The molecule has 0 spiro atoms. The van der Waals surface area contributed by atoms with E-state index in [2.05, 4.69) is 48.5 Å². The van der Waals surface area contributed by atoms with E-state index in [1.165, 1.54) is 173 Å². The molecule has 0 aromatic carbocycles. The standard InChI is InChI=1S/C72H140O17P2/c1-8-11-12-13-14-15-25-32-39-46-53-69(74)82-59-67(88-71(76)55-48-41-34-27-19-16-22-29-36-43-50-63(4)5)61-86-90(78,79)84-57-66(73)58-85-91(80,81)87-62-68(89-72(77)56-49-42-35-28-21-18-24-31-38-45-52-65(7)10-3)60-83-70(75)54-47-40-33-26-20-17-23-30-37-44-51-64(6)9-2/h63-68,73H,8-62H2,1-7H3,(H,78,79)(H,80,81)/t64?,65?,66-,67+,68+/m0/s1. The first kappa shape index (κ1) is 89.1. The van der Waals surface area contributed by atoms with Gasteiger partial charge in [-0.05, 0) is 43.4 Å². The van der Waals surface area contributed by atoms with Gasteiger partial charge in [-0.2, -0.15) is 0 Å². The van der Waals surface area contributed by atoms with Crippen LogP contribution in [0.4, 0.5) is 0 Å². The molecule has 0 amide bonds. The van der Waals surface area contributed by atoms with Crippen molar-refractivity contribution in [2.24, 2.45) is 17.8 Å². The number of carbonyl (C=O) groups is 4. The van der Waals surface area contributed by atoms with Crippen molar-refractivity contribution in [2.45, 2.75) is 381 Å². The van der Waals surface area contributed by atoms with Gasteiger partial charge in [-0.1, -0.05) is 312 Å². The Balaban J connectivity index is 5.27. The average Bonchev–Trinajstić information content (AvgIpc) is 3.07. The summed E-state index contributed by atoms with van der Waals surface area (Å²) in [5.74, 6) is 0.242. The molecule has 3 N–H and O–H groups in total. The smallest absolute Gasteiger partial charge is 0.462 e. The van der Waals surface area contributed by atoms with Gasteiger partial charge in [0.2, 0.25) is 0 Å². The minimum Gasteiger partial charge on any atom is -0.462 e. The molecule has 0 bridgehead atoms. The van der Waals surface area contributed by atoms with Crippen molar-refractivity contribution in [1.82, 2.24) is 0 Å². The quantitative estimate of drug-likeness (QED) is 0.0222. The summed E-state index contributed by atoms with van der Waals surface area (Å²) in [6.45, 7) is 11.9. The second-order valence-electron chi connectivity index (χ2n) is 26.9. The molecule has 17 nitrogen and oxygen atoms in total. The summed E-state index contributed by atoms with van der Waals surface area (Å²) in [4.78, 5) is 72.6. The third kappa shape index (κ3) is 63.9. The van der Waals surface area contributed by atoms with E-state index in [1.807, 2.05) is 0 Å². The van der Waals surface area contributed by atoms with Crippen molar-refractivity contribution in [3.05, 3.63) is 0 Å². The van der Waals surface area contributed by atoms with Gasteiger partial charge in [0, 0.05) is 25.7 Å². The normalized spacial score (nSPS) is 14.8. The minimum absolute atomic E-state index is 0.106.